The summed E-state index contributed by atoms with van der Waals surface area (Å²) in [6.07, 6.45) is 3.48. The van der Waals surface area contributed by atoms with Gasteiger partial charge in [-0.3, -0.25) is 4.79 Å². The van der Waals surface area contributed by atoms with Gasteiger partial charge >= 0.3 is 5.97 Å². The largest absolute Gasteiger partial charge is 0.451 e. The van der Waals surface area contributed by atoms with Crippen LogP contribution in [-0.2, 0) is 9.53 Å². The predicted octanol–water partition coefficient (Wildman–Crippen LogP) is 5.07. The van der Waals surface area contributed by atoms with Gasteiger partial charge in [0.2, 0.25) is 0 Å². The van der Waals surface area contributed by atoms with Crippen molar-refractivity contribution in [3.8, 4) is 0 Å². The van der Waals surface area contributed by atoms with Crippen molar-refractivity contribution in [2.75, 3.05) is 0 Å². The lowest BCUT2D eigenvalue weighted by Crippen LogP contribution is -2.34. The molecule has 0 amide bonds. The van der Waals surface area contributed by atoms with E-state index in [2.05, 4.69) is 6.07 Å². The normalized spacial score (nSPS) is 19.8. The zero-order valence-corrected chi connectivity index (χ0v) is 15.1. The summed E-state index contributed by atoms with van der Waals surface area (Å²) in [6.45, 7) is 1.87. The number of rotatable bonds is 5. The zero-order valence-electron chi connectivity index (χ0n) is 15.1. The van der Waals surface area contributed by atoms with Crippen molar-refractivity contribution in [1.82, 2.24) is 0 Å². The van der Waals surface area contributed by atoms with Gasteiger partial charge in [-0.1, -0.05) is 72.8 Å². The molecule has 3 aromatic rings. The first-order chi connectivity index (χ1) is 13.1. The maximum absolute atomic E-state index is 13.0. The molecule has 3 heteroatoms. The van der Waals surface area contributed by atoms with Crippen LogP contribution in [0.25, 0.3) is 10.8 Å². The van der Waals surface area contributed by atoms with Crippen molar-refractivity contribution >= 4 is 22.5 Å². The van der Waals surface area contributed by atoms with Crippen LogP contribution in [0.15, 0.2) is 84.9 Å². The summed E-state index contributed by atoms with van der Waals surface area (Å²) in [6, 6.07) is 23.4. The molecular formula is C24H20O3. The second-order valence-corrected chi connectivity index (χ2v) is 7.05. The fourth-order valence-electron chi connectivity index (χ4n) is 3.81. The van der Waals surface area contributed by atoms with Crippen LogP contribution in [0.3, 0.4) is 0 Å². The molecule has 0 saturated carbocycles. The molecule has 0 fully saturated rings. The zero-order chi connectivity index (χ0) is 18.9. The smallest absolute Gasteiger partial charge is 0.331 e. The van der Waals surface area contributed by atoms with Gasteiger partial charge in [0, 0.05) is 24.0 Å². The molecule has 0 radical (unpaired) electrons. The Balaban J connectivity index is 1.80. The Labute approximate surface area is 158 Å². The lowest BCUT2D eigenvalue weighted by atomic mass is 9.77. The Morgan fingerprint density at radius 2 is 1.67 bits per heavy atom. The number of esters is 1. The maximum atomic E-state index is 13.0. The first-order valence-corrected chi connectivity index (χ1v) is 9.05. The highest BCUT2D eigenvalue weighted by Crippen LogP contribution is 2.41. The van der Waals surface area contributed by atoms with Crippen LogP contribution in [0.1, 0.15) is 35.2 Å². The Morgan fingerprint density at radius 3 is 2.41 bits per heavy atom. The van der Waals surface area contributed by atoms with Gasteiger partial charge in [-0.15, -0.1) is 0 Å². The third kappa shape index (κ3) is 3.28. The van der Waals surface area contributed by atoms with Crippen molar-refractivity contribution in [3.05, 3.63) is 96.1 Å². The van der Waals surface area contributed by atoms with Gasteiger partial charge in [0.15, 0.2) is 5.78 Å². The number of hydrogen-bond donors (Lipinski definition) is 0. The molecule has 0 bridgehead atoms. The van der Waals surface area contributed by atoms with Gasteiger partial charge in [0.25, 0.3) is 0 Å². The van der Waals surface area contributed by atoms with Crippen LogP contribution in [0.4, 0.5) is 0 Å². The summed E-state index contributed by atoms with van der Waals surface area (Å²) in [5.41, 5.74) is 0.824. The van der Waals surface area contributed by atoms with Gasteiger partial charge in [0.1, 0.15) is 5.60 Å². The van der Waals surface area contributed by atoms with Crippen LogP contribution in [0.2, 0.25) is 0 Å². The van der Waals surface area contributed by atoms with E-state index in [0.29, 0.717) is 5.56 Å². The van der Waals surface area contributed by atoms with Crippen LogP contribution in [-0.4, -0.2) is 17.4 Å². The Kier molecular flexibility index (Phi) is 4.36. The minimum Gasteiger partial charge on any atom is -0.451 e. The summed E-state index contributed by atoms with van der Waals surface area (Å²) in [5, 5.41) is 2.17. The molecule has 4 rings (SSSR count). The van der Waals surface area contributed by atoms with E-state index in [4.69, 9.17) is 4.74 Å². The molecule has 1 aliphatic heterocycles. The van der Waals surface area contributed by atoms with Crippen LogP contribution in [0, 0.1) is 0 Å². The highest BCUT2D eigenvalue weighted by Gasteiger charge is 2.41. The van der Waals surface area contributed by atoms with E-state index in [1.807, 2.05) is 73.7 Å². The number of Topliss-reactive ketones (excluding diaryl/α,β-unsaturated/α-hetero) is 1. The van der Waals surface area contributed by atoms with Gasteiger partial charge in [-0.2, -0.15) is 0 Å². The van der Waals surface area contributed by atoms with Crippen molar-refractivity contribution in [2.24, 2.45) is 0 Å². The Bertz CT molecular complexity index is 1030. The number of hydrogen-bond acceptors (Lipinski definition) is 3. The SMILES string of the molecule is C[C@]1([C@@H](CC(=O)c2ccccc2)c2cccc3ccccc23)C=CC(=O)O1. The molecule has 1 aliphatic rings. The molecular weight excluding hydrogens is 336 g/mol. The molecule has 0 unspecified atom stereocenters. The Morgan fingerprint density at radius 1 is 0.963 bits per heavy atom. The van der Waals surface area contributed by atoms with E-state index in [9.17, 15) is 9.59 Å². The van der Waals surface area contributed by atoms with Gasteiger partial charge in [0.05, 0.1) is 0 Å². The summed E-state index contributed by atoms with van der Waals surface area (Å²) in [4.78, 5) is 24.8. The molecule has 0 aromatic heterocycles. The summed E-state index contributed by atoms with van der Waals surface area (Å²) >= 11 is 0. The topological polar surface area (TPSA) is 43.4 Å². The number of ketones is 1. The third-order valence-electron chi connectivity index (χ3n) is 5.25. The highest BCUT2D eigenvalue weighted by molar-refractivity contribution is 5.97. The van der Waals surface area contributed by atoms with E-state index in [-0.39, 0.29) is 24.1 Å². The van der Waals surface area contributed by atoms with Crippen molar-refractivity contribution in [1.29, 1.82) is 0 Å². The fourth-order valence-corrected chi connectivity index (χ4v) is 3.81. The summed E-state index contributed by atoms with van der Waals surface area (Å²) in [7, 11) is 0. The van der Waals surface area contributed by atoms with Crippen molar-refractivity contribution in [2.45, 2.75) is 24.9 Å². The second-order valence-electron chi connectivity index (χ2n) is 7.05. The number of cyclic esters (lactones) is 1. The second kappa shape index (κ2) is 6.84. The molecule has 3 nitrogen and oxygen atoms in total. The van der Waals surface area contributed by atoms with Crippen molar-refractivity contribution in [3.63, 3.8) is 0 Å². The van der Waals surface area contributed by atoms with Gasteiger partial charge < -0.3 is 4.74 Å². The highest BCUT2D eigenvalue weighted by atomic mass is 16.6. The molecule has 0 saturated heterocycles. The lowest BCUT2D eigenvalue weighted by Gasteiger charge is -2.32. The van der Waals surface area contributed by atoms with Gasteiger partial charge in [-0.25, -0.2) is 4.79 Å². The van der Waals surface area contributed by atoms with E-state index >= 15 is 0 Å². The van der Waals surface area contributed by atoms with Crippen LogP contribution >= 0.6 is 0 Å². The Hall–Kier alpha value is -3.20. The molecule has 0 N–H and O–H groups in total. The van der Waals surface area contributed by atoms with Crippen LogP contribution in [0.5, 0.6) is 0 Å². The standard InChI is InChI=1S/C24H20O3/c1-24(15-14-23(26)27-24)21(16-22(25)18-9-3-2-4-10-18)20-13-7-11-17-8-5-6-12-19(17)20/h2-15,21H,16H2,1H3/t21-,24+/m0/s1. The quantitative estimate of drug-likeness (QED) is 0.474. The summed E-state index contributed by atoms with van der Waals surface area (Å²) in [5.74, 6) is -0.611. The third-order valence-corrected chi connectivity index (χ3v) is 5.25. The molecule has 27 heavy (non-hydrogen) atoms. The van der Waals surface area contributed by atoms with Crippen LogP contribution < -0.4 is 0 Å². The van der Waals surface area contributed by atoms with E-state index in [0.717, 1.165) is 16.3 Å². The number of carbonyl (C=O) groups excluding carboxylic acids is 2. The minimum absolute atomic E-state index is 0.0334. The predicted molar refractivity (Wildman–Crippen MR) is 106 cm³/mol. The number of ether oxygens (including phenoxy) is 1. The molecule has 3 aromatic carbocycles. The van der Waals surface area contributed by atoms with E-state index in [1.54, 1.807) is 6.08 Å². The molecule has 0 spiro atoms. The lowest BCUT2D eigenvalue weighted by molar-refractivity contribution is -0.145. The average molecular weight is 356 g/mol. The number of carbonyl (C=O) groups is 2. The first-order valence-electron chi connectivity index (χ1n) is 9.05. The minimum atomic E-state index is -0.856. The van der Waals surface area contributed by atoms with E-state index < -0.39 is 5.60 Å². The monoisotopic (exact) mass is 356 g/mol. The average Bonchev–Trinajstić information content (AvgIpc) is 3.06. The van der Waals surface area contributed by atoms with Crippen molar-refractivity contribution < 1.29 is 14.3 Å². The molecule has 0 aliphatic carbocycles. The molecule has 134 valence electrons. The number of fused-ring (bicyclic) bond motifs is 1. The molecule has 2 atom stereocenters. The fraction of sp³-hybridized carbons (Fsp3) is 0.167. The maximum Gasteiger partial charge on any atom is 0.331 e. The number of benzene rings is 3. The van der Waals surface area contributed by atoms with Gasteiger partial charge in [-0.05, 0) is 29.3 Å². The molecule has 1 heterocycles. The van der Waals surface area contributed by atoms with E-state index in [1.165, 1.54) is 6.08 Å². The first kappa shape index (κ1) is 17.2. The summed E-state index contributed by atoms with van der Waals surface area (Å²) < 4.78 is 5.65.